The number of alkyl carbamates (subject to hydrolysis) is 1. The highest BCUT2D eigenvalue weighted by Crippen LogP contribution is 2.31. The van der Waals surface area contributed by atoms with Gasteiger partial charge < -0.3 is 25.2 Å². The maximum Gasteiger partial charge on any atom is 0.407 e. The number of nitrogens with zero attached hydrogens (tertiary/aromatic N) is 2. The number of rotatable bonds is 7. The number of nitrogens with one attached hydrogen (secondary N) is 3. The van der Waals surface area contributed by atoms with Gasteiger partial charge in [0.25, 0.3) is 0 Å². The lowest BCUT2D eigenvalue weighted by Gasteiger charge is -2.36. The van der Waals surface area contributed by atoms with E-state index >= 15 is 0 Å². The largest absolute Gasteiger partial charge is 0.444 e. The summed E-state index contributed by atoms with van der Waals surface area (Å²) in [6, 6.07) is 1.66. The van der Waals surface area contributed by atoms with E-state index in [2.05, 4.69) is 20.9 Å². The number of carbonyl (C=O) groups excluding carboxylic acids is 3. The van der Waals surface area contributed by atoms with Gasteiger partial charge in [0, 0.05) is 50.8 Å². The van der Waals surface area contributed by atoms with Gasteiger partial charge in [0.15, 0.2) is 0 Å². The second-order valence-electron chi connectivity index (χ2n) is 11.9. The Bertz CT molecular complexity index is 1050. The minimum atomic E-state index is -0.773. The number of imide groups is 1. The molecule has 0 aliphatic carbocycles. The maximum absolute atomic E-state index is 15.0. The van der Waals surface area contributed by atoms with Crippen molar-refractivity contribution in [1.82, 2.24) is 15.5 Å². The van der Waals surface area contributed by atoms with Crippen LogP contribution in [0, 0.1) is 17.6 Å². The SMILES string of the molecule is CC(C)(C)OC(=O)NC1CCN(CCC2CCN(c3cc(F)c(NC4CCC(=O)NC4=O)cc3F)CC2)CC1. The molecule has 1 unspecified atom stereocenters. The molecule has 216 valence electrons. The molecule has 39 heavy (non-hydrogen) atoms. The molecule has 0 spiro atoms. The molecule has 1 atom stereocenters. The first-order valence-corrected chi connectivity index (χ1v) is 14.0. The quantitative estimate of drug-likeness (QED) is 0.445. The number of halogens is 2. The number of piperidine rings is 3. The van der Waals surface area contributed by atoms with Crippen LogP contribution in [-0.4, -0.2) is 73.2 Å². The van der Waals surface area contributed by atoms with E-state index < -0.39 is 29.2 Å². The molecule has 11 heteroatoms. The molecule has 0 radical (unpaired) electrons. The average molecular weight is 550 g/mol. The van der Waals surface area contributed by atoms with Crippen LogP contribution in [0.3, 0.4) is 0 Å². The monoisotopic (exact) mass is 549 g/mol. The standard InChI is InChI=1S/C28H41F2N5O4/c1-28(2,3)39-27(38)31-19-9-12-34(13-10-19)11-6-18-7-14-35(15-8-18)24-17-20(29)23(16-21(24)30)32-22-4-5-25(36)33-26(22)37/h16-19,22,32H,4-15H2,1-3H3,(H,31,38)(H,33,36,37). The highest BCUT2D eigenvalue weighted by Gasteiger charge is 2.29. The summed E-state index contributed by atoms with van der Waals surface area (Å²) in [5.41, 5.74) is -0.344. The molecule has 3 aliphatic rings. The van der Waals surface area contributed by atoms with Crippen LogP contribution in [0.1, 0.15) is 65.7 Å². The number of likely N-dealkylation sites (tertiary alicyclic amines) is 1. The molecule has 9 nitrogen and oxygen atoms in total. The van der Waals surface area contributed by atoms with Gasteiger partial charge in [0.1, 0.15) is 23.3 Å². The van der Waals surface area contributed by atoms with Crippen molar-refractivity contribution >= 4 is 29.3 Å². The number of hydrogen-bond acceptors (Lipinski definition) is 7. The number of ether oxygens (including phenoxy) is 1. The normalized spacial score (nSPS) is 22.0. The maximum atomic E-state index is 15.0. The first kappa shape index (κ1) is 29.0. The van der Waals surface area contributed by atoms with Gasteiger partial charge >= 0.3 is 6.09 Å². The molecule has 3 fully saturated rings. The van der Waals surface area contributed by atoms with E-state index in [0.717, 1.165) is 57.8 Å². The molecule has 0 bridgehead atoms. The highest BCUT2D eigenvalue weighted by molar-refractivity contribution is 6.01. The average Bonchev–Trinajstić information content (AvgIpc) is 2.86. The van der Waals surface area contributed by atoms with Gasteiger partial charge in [-0.15, -0.1) is 0 Å². The van der Waals surface area contributed by atoms with Crippen LogP contribution in [0.15, 0.2) is 12.1 Å². The minimum Gasteiger partial charge on any atom is -0.444 e. The molecule has 3 saturated heterocycles. The van der Waals surface area contributed by atoms with Crippen molar-refractivity contribution in [1.29, 1.82) is 0 Å². The summed E-state index contributed by atoms with van der Waals surface area (Å²) in [4.78, 5) is 39.6. The smallest absolute Gasteiger partial charge is 0.407 e. The third kappa shape index (κ3) is 8.27. The Morgan fingerprint density at radius 3 is 2.36 bits per heavy atom. The van der Waals surface area contributed by atoms with Crippen LogP contribution < -0.4 is 20.9 Å². The number of hydrogen-bond donors (Lipinski definition) is 3. The van der Waals surface area contributed by atoms with Crippen LogP contribution in [-0.2, 0) is 14.3 Å². The van der Waals surface area contributed by atoms with Gasteiger partial charge in [-0.3, -0.25) is 14.9 Å². The minimum absolute atomic E-state index is 0.0781. The van der Waals surface area contributed by atoms with E-state index in [-0.39, 0.29) is 42.3 Å². The summed E-state index contributed by atoms with van der Waals surface area (Å²) < 4.78 is 35.1. The molecule has 3 heterocycles. The second-order valence-corrected chi connectivity index (χ2v) is 11.9. The zero-order valence-electron chi connectivity index (χ0n) is 23.2. The number of amides is 3. The fourth-order valence-electron chi connectivity index (χ4n) is 5.51. The number of anilines is 2. The Kier molecular flexibility index (Phi) is 9.30. The van der Waals surface area contributed by atoms with Crippen LogP contribution in [0.2, 0.25) is 0 Å². The summed E-state index contributed by atoms with van der Waals surface area (Å²) in [6.07, 6.45) is 4.72. The molecular formula is C28H41F2N5O4. The Morgan fingerprint density at radius 2 is 1.72 bits per heavy atom. The van der Waals surface area contributed by atoms with Crippen molar-refractivity contribution in [2.75, 3.05) is 42.9 Å². The van der Waals surface area contributed by atoms with E-state index in [1.807, 2.05) is 25.7 Å². The summed E-state index contributed by atoms with van der Waals surface area (Å²) in [7, 11) is 0. The van der Waals surface area contributed by atoms with Gasteiger partial charge in [-0.25, -0.2) is 13.6 Å². The fourth-order valence-corrected chi connectivity index (χ4v) is 5.51. The van der Waals surface area contributed by atoms with Gasteiger partial charge in [-0.05, 0) is 71.8 Å². The van der Waals surface area contributed by atoms with E-state index in [9.17, 15) is 23.2 Å². The third-order valence-electron chi connectivity index (χ3n) is 7.72. The highest BCUT2D eigenvalue weighted by atomic mass is 19.1. The lowest BCUT2D eigenvalue weighted by atomic mass is 9.92. The van der Waals surface area contributed by atoms with E-state index in [4.69, 9.17) is 4.74 Å². The molecule has 3 N–H and O–H groups in total. The Labute approximate surface area is 229 Å². The van der Waals surface area contributed by atoms with Crippen molar-refractivity contribution in [3.63, 3.8) is 0 Å². The van der Waals surface area contributed by atoms with E-state index in [1.165, 1.54) is 6.07 Å². The van der Waals surface area contributed by atoms with E-state index in [0.29, 0.717) is 19.0 Å². The van der Waals surface area contributed by atoms with Crippen LogP contribution in [0.4, 0.5) is 25.0 Å². The lowest BCUT2D eigenvalue weighted by Crippen LogP contribution is -2.47. The van der Waals surface area contributed by atoms with Gasteiger partial charge in [0.05, 0.1) is 11.4 Å². The van der Waals surface area contributed by atoms with Gasteiger partial charge in [0.2, 0.25) is 11.8 Å². The van der Waals surface area contributed by atoms with Crippen molar-refractivity contribution < 1.29 is 27.9 Å². The number of benzene rings is 1. The molecule has 1 aromatic rings. The van der Waals surface area contributed by atoms with Crippen molar-refractivity contribution in [2.45, 2.75) is 83.4 Å². The summed E-state index contributed by atoms with van der Waals surface area (Å²) >= 11 is 0. The van der Waals surface area contributed by atoms with Crippen molar-refractivity contribution in [3.05, 3.63) is 23.8 Å². The summed E-state index contributed by atoms with van der Waals surface area (Å²) in [6.45, 7) is 9.74. The van der Waals surface area contributed by atoms with Crippen LogP contribution in [0.25, 0.3) is 0 Å². The van der Waals surface area contributed by atoms with Crippen molar-refractivity contribution in [3.8, 4) is 0 Å². The Balaban J connectivity index is 1.19. The first-order chi connectivity index (χ1) is 18.5. The summed E-state index contributed by atoms with van der Waals surface area (Å²) in [5, 5.41) is 7.92. The molecule has 4 rings (SSSR count). The van der Waals surface area contributed by atoms with Crippen molar-refractivity contribution in [2.24, 2.45) is 5.92 Å². The van der Waals surface area contributed by atoms with Gasteiger partial charge in [-0.1, -0.05) is 0 Å². The third-order valence-corrected chi connectivity index (χ3v) is 7.72. The molecule has 3 aliphatic heterocycles. The fraction of sp³-hybridized carbons (Fsp3) is 0.679. The molecule has 0 aromatic heterocycles. The topological polar surface area (TPSA) is 103 Å². The molecule has 3 amide bonds. The molecular weight excluding hydrogens is 508 g/mol. The zero-order valence-corrected chi connectivity index (χ0v) is 23.2. The predicted octanol–water partition coefficient (Wildman–Crippen LogP) is 3.78. The van der Waals surface area contributed by atoms with Crippen LogP contribution >= 0.6 is 0 Å². The van der Waals surface area contributed by atoms with E-state index in [1.54, 1.807) is 0 Å². The summed E-state index contributed by atoms with van der Waals surface area (Å²) in [5.74, 6) is -1.52. The Hall–Kier alpha value is -2.95. The zero-order chi connectivity index (χ0) is 28.2. The molecule has 0 saturated carbocycles. The van der Waals surface area contributed by atoms with Gasteiger partial charge in [-0.2, -0.15) is 0 Å². The van der Waals surface area contributed by atoms with Crippen LogP contribution in [0.5, 0.6) is 0 Å². The lowest BCUT2D eigenvalue weighted by molar-refractivity contribution is -0.133. The molecule has 1 aromatic carbocycles. The Morgan fingerprint density at radius 1 is 1.03 bits per heavy atom. The predicted molar refractivity (Wildman–Crippen MR) is 145 cm³/mol. The number of carbonyl (C=O) groups is 3. The second kappa shape index (κ2) is 12.5. The first-order valence-electron chi connectivity index (χ1n) is 14.0.